The van der Waals surface area contributed by atoms with Crippen LogP contribution in [0.25, 0.3) is 0 Å². The van der Waals surface area contributed by atoms with Gasteiger partial charge in [0.1, 0.15) is 18.8 Å². The summed E-state index contributed by atoms with van der Waals surface area (Å²) >= 11 is 0. The second-order valence-electron chi connectivity index (χ2n) is 15.5. The van der Waals surface area contributed by atoms with E-state index in [1.165, 1.54) is 6.33 Å². The summed E-state index contributed by atoms with van der Waals surface area (Å²) in [6, 6.07) is 0. The van der Waals surface area contributed by atoms with Crippen molar-refractivity contribution in [3.05, 3.63) is 37.0 Å². The topological polar surface area (TPSA) is 104 Å². The predicted octanol–water partition coefficient (Wildman–Crippen LogP) is 5.91. The van der Waals surface area contributed by atoms with Gasteiger partial charge in [0.2, 0.25) is 0 Å². The van der Waals surface area contributed by atoms with Gasteiger partial charge < -0.3 is 14.6 Å². The van der Waals surface area contributed by atoms with Crippen LogP contribution in [0.4, 0.5) is 0 Å². The quantitative estimate of drug-likeness (QED) is 0.238. The van der Waals surface area contributed by atoms with Crippen molar-refractivity contribution in [2.24, 2.45) is 51.2 Å². The molecule has 236 valence electrons. The fraction of sp³-hybridized carbons (Fsp3) is 0.771. The number of fused-ring (bicyclic) bond motifs is 4. The minimum Gasteiger partial charge on any atom is -0.465 e. The molecule has 11 atom stereocenters. The molecule has 1 aliphatic heterocycles. The zero-order chi connectivity index (χ0) is 30.9. The molecule has 4 aliphatic carbocycles. The monoisotopic (exact) mass is 593 g/mol. The normalized spacial score (nSPS) is 45.2. The Morgan fingerprint density at radius 2 is 1.88 bits per heavy atom. The Morgan fingerprint density at radius 1 is 1.12 bits per heavy atom. The van der Waals surface area contributed by atoms with Gasteiger partial charge in [-0.25, -0.2) is 4.98 Å². The number of carbonyl (C=O) groups excluding carboxylic acids is 2. The Balaban J connectivity index is 1.36. The van der Waals surface area contributed by atoms with E-state index in [0.717, 1.165) is 49.7 Å². The number of allylic oxidation sites excluding steroid dienone is 2. The first-order valence-electron chi connectivity index (χ1n) is 16.5. The summed E-state index contributed by atoms with van der Waals surface area (Å²) in [6.45, 7) is 21.0. The number of aliphatic hydroxyl groups is 1. The van der Waals surface area contributed by atoms with E-state index in [1.54, 1.807) is 11.0 Å². The highest BCUT2D eigenvalue weighted by Gasteiger charge is 2.74. The van der Waals surface area contributed by atoms with Gasteiger partial charge >= 0.3 is 11.9 Å². The number of nitrogens with zero attached hydrogens (tertiary/aromatic N) is 3. The molecule has 1 N–H and O–H groups in total. The minimum atomic E-state index is -0.777. The van der Waals surface area contributed by atoms with Crippen LogP contribution in [0.2, 0.25) is 0 Å². The van der Waals surface area contributed by atoms with Crippen LogP contribution in [0.15, 0.2) is 37.0 Å². The van der Waals surface area contributed by atoms with E-state index in [-0.39, 0.29) is 64.9 Å². The fourth-order valence-corrected chi connectivity index (χ4v) is 11.6. The van der Waals surface area contributed by atoms with Gasteiger partial charge in [-0.05, 0) is 93.3 Å². The highest BCUT2D eigenvalue weighted by molar-refractivity contribution is 5.78. The van der Waals surface area contributed by atoms with E-state index in [1.807, 2.05) is 0 Å². The van der Waals surface area contributed by atoms with Gasteiger partial charge in [-0.1, -0.05) is 45.1 Å². The van der Waals surface area contributed by atoms with Crippen molar-refractivity contribution in [1.82, 2.24) is 14.8 Å². The summed E-state index contributed by atoms with van der Waals surface area (Å²) in [5.74, 6) is 0.239. The lowest BCUT2D eigenvalue weighted by molar-refractivity contribution is -0.260. The lowest BCUT2D eigenvalue weighted by Crippen LogP contribution is -2.69. The molecule has 0 unspecified atom stereocenters. The third kappa shape index (κ3) is 4.32. The molecule has 2 heterocycles. The second-order valence-corrected chi connectivity index (χ2v) is 15.5. The van der Waals surface area contributed by atoms with Crippen LogP contribution in [-0.2, 0) is 25.6 Å². The first kappa shape index (κ1) is 30.5. The van der Waals surface area contributed by atoms with Crippen LogP contribution in [0.3, 0.4) is 0 Å². The molecule has 8 heteroatoms. The molecule has 0 aromatic carbocycles. The molecule has 5 aliphatic rings. The molecule has 0 amide bonds. The molecule has 8 nitrogen and oxygen atoms in total. The van der Waals surface area contributed by atoms with Crippen LogP contribution in [0, 0.1) is 51.2 Å². The minimum absolute atomic E-state index is 0.0130. The SMILES string of the molecule is C=C(C)[C@@H]1CC[C@]2(C(=O)OCCCn3cncn3)CC[C@]3(C)[C@H](C[C@H]4OC(=O)C[C@@H](O)[C@]5(C)[C@@H]4[C@@]3(C)CC[C@H]5C(=C)C)[C@@H]12. The molecule has 1 saturated heterocycles. The predicted molar refractivity (Wildman–Crippen MR) is 162 cm³/mol. The lowest BCUT2D eigenvalue weighted by atomic mass is 9.33. The Bertz CT molecular complexity index is 1290. The summed E-state index contributed by atoms with van der Waals surface area (Å²) in [5, 5.41) is 15.9. The maximum Gasteiger partial charge on any atom is 0.312 e. The summed E-state index contributed by atoms with van der Waals surface area (Å²) in [6.07, 6.45) is 8.91. The lowest BCUT2D eigenvalue weighted by Gasteiger charge is -2.71. The molecule has 43 heavy (non-hydrogen) atoms. The molecular weight excluding hydrogens is 542 g/mol. The van der Waals surface area contributed by atoms with Crippen molar-refractivity contribution in [2.75, 3.05) is 6.61 Å². The van der Waals surface area contributed by atoms with Gasteiger partial charge in [-0.15, -0.1) is 0 Å². The first-order valence-corrected chi connectivity index (χ1v) is 16.5. The van der Waals surface area contributed by atoms with E-state index in [0.29, 0.717) is 26.0 Å². The largest absolute Gasteiger partial charge is 0.465 e. The van der Waals surface area contributed by atoms with Crippen LogP contribution in [0.5, 0.6) is 0 Å². The number of rotatable bonds is 7. The number of aliphatic hydroxyl groups excluding tert-OH is 1. The number of aryl methyl sites for hydroxylation is 1. The average molecular weight is 594 g/mol. The second kappa shape index (κ2) is 10.6. The first-order chi connectivity index (χ1) is 20.3. The summed E-state index contributed by atoms with van der Waals surface area (Å²) in [4.78, 5) is 31.4. The van der Waals surface area contributed by atoms with Crippen molar-refractivity contribution < 1.29 is 24.2 Å². The van der Waals surface area contributed by atoms with Crippen LogP contribution in [0.1, 0.15) is 92.4 Å². The summed E-state index contributed by atoms with van der Waals surface area (Å²) in [7, 11) is 0. The number of esters is 2. The molecule has 4 saturated carbocycles. The molecule has 0 bridgehead atoms. The Morgan fingerprint density at radius 3 is 2.56 bits per heavy atom. The number of hydrogen-bond donors (Lipinski definition) is 1. The van der Waals surface area contributed by atoms with Crippen molar-refractivity contribution in [1.29, 1.82) is 0 Å². The average Bonchev–Trinajstić information content (AvgIpc) is 3.58. The maximum absolute atomic E-state index is 14.2. The van der Waals surface area contributed by atoms with Crippen molar-refractivity contribution in [3.63, 3.8) is 0 Å². The standard InChI is InChI=1S/C35H51N3O5/c1-21(2)23-9-12-35(31(41)42-16-8-15-38-20-36-19-37-38)14-13-32(5)25(29(23)35)17-26-30-33(32,6)11-10-24(22(3)4)34(30,7)27(39)18-28(40)43-26/h19-20,23-27,29-30,39H,1,3,8-18H2,2,4-7H3/t23-,24-,25+,26+,27+,29+,30-,32+,33+,34+,35-/m0/s1. The molecule has 1 aromatic heterocycles. The summed E-state index contributed by atoms with van der Waals surface area (Å²) in [5.41, 5.74) is 0.873. The third-order valence-corrected chi connectivity index (χ3v) is 13.8. The van der Waals surface area contributed by atoms with E-state index in [4.69, 9.17) is 9.47 Å². The Labute approximate surface area is 256 Å². The van der Waals surface area contributed by atoms with Gasteiger partial charge in [0.15, 0.2) is 0 Å². The number of carbonyl (C=O) groups is 2. The van der Waals surface area contributed by atoms with Gasteiger partial charge in [0, 0.05) is 24.3 Å². The van der Waals surface area contributed by atoms with Gasteiger partial charge in [-0.2, -0.15) is 5.10 Å². The van der Waals surface area contributed by atoms with Crippen LogP contribution in [-0.4, -0.2) is 50.6 Å². The smallest absolute Gasteiger partial charge is 0.312 e. The molecule has 0 radical (unpaired) electrons. The number of hydrogen-bond acceptors (Lipinski definition) is 7. The maximum atomic E-state index is 14.2. The van der Waals surface area contributed by atoms with Gasteiger partial charge in [0.05, 0.1) is 24.5 Å². The fourth-order valence-electron chi connectivity index (χ4n) is 11.6. The van der Waals surface area contributed by atoms with Crippen LogP contribution >= 0.6 is 0 Å². The van der Waals surface area contributed by atoms with Crippen LogP contribution < -0.4 is 0 Å². The third-order valence-electron chi connectivity index (χ3n) is 13.8. The number of ether oxygens (including phenoxy) is 2. The summed E-state index contributed by atoms with van der Waals surface area (Å²) < 4.78 is 14.2. The van der Waals surface area contributed by atoms with Crippen molar-refractivity contribution >= 4 is 11.9 Å². The van der Waals surface area contributed by atoms with Crippen molar-refractivity contribution in [3.8, 4) is 0 Å². The van der Waals surface area contributed by atoms with E-state index in [9.17, 15) is 14.7 Å². The van der Waals surface area contributed by atoms with Gasteiger partial charge in [0.25, 0.3) is 0 Å². The molecular formula is C35H51N3O5. The Hall–Kier alpha value is -2.48. The zero-order valence-electron chi connectivity index (χ0n) is 26.8. The highest BCUT2D eigenvalue weighted by atomic mass is 16.5. The Kier molecular flexibility index (Phi) is 7.50. The van der Waals surface area contributed by atoms with E-state index < -0.39 is 16.9 Å². The van der Waals surface area contributed by atoms with E-state index >= 15 is 0 Å². The van der Waals surface area contributed by atoms with E-state index in [2.05, 4.69) is 57.9 Å². The number of aromatic nitrogens is 3. The highest BCUT2D eigenvalue weighted by Crippen LogP contribution is 2.77. The molecule has 1 aromatic rings. The van der Waals surface area contributed by atoms with Gasteiger partial charge in [-0.3, -0.25) is 14.3 Å². The molecule has 0 spiro atoms. The van der Waals surface area contributed by atoms with Crippen molar-refractivity contribution in [2.45, 2.75) is 111 Å². The molecule has 6 rings (SSSR count). The molecule has 5 fully saturated rings. The zero-order valence-corrected chi connectivity index (χ0v) is 26.8.